The van der Waals surface area contributed by atoms with Gasteiger partial charge in [0.25, 0.3) is 0 Å². The third-order valence-electron chi connectivity index (χ3n) is 4.41. The lowest BCUT2D eigenvalue weighted by molar-refractivity contribution is 0.627. The molecule has 0 aliphatic heterocycles. The predicted molar refractivity (Wildman–Crippen MR) is 114 cm³/mol. The molecule has 0 saturated heterocycles. The average molecular weight is 389 g/mol. The molecule has 0 fully saturated rings. The summed E-state index contributed by atoms with van der Waals surface area (Å²) in [5.74, 6) is 1.32. The summed E-state index contributed by atoms with van der Waals surface area (Å²) < 4.78 is 13.1. The quantitative estimate of drug-likeness (QED) is 0.324. The summed E-state index contributed by atoms with van der Waals surface area (Å²) in [4.78, 5) is 9.40. The van der Waals surface area contributed by atoms with Gasteiger partial charge in [-0.25, -0.2) is 14.4 Å². The first kappa shape index (κ1) is 18.4. The highest BCUT2D eigenvalue weighted by Gasteiger charge is 2.08. The van der Waals surface area contributed by atoms with Gasteiger partial charge >= 0.3 is 0 Å². The molecule has 4 rings (SSSR count). The molecule has 0 aliphatic rings. The van der Waals surface area contributed by atoms with Crippen LogP contribution in [-0.4, -0.2) is 16.5 Å². The van der Waals surface area contributed by atoms with Crippen molar-refractivity contribution < 1.29 is 4.39 Å². The van der Waals surface area contributed by atoms with Crippen LogP contribution >= 0.6 is 11.8 Å². The maximum Gasteiger partial charge on any atom is 0.190 e. The van der Waals surface area contributed by atoms with E-state index in [1.54, 1.807) is 23.9 Å². The van der Waals surface area contributed by atoms with Crippen molar-refractivity contribution >= 4 is 28.5 Å². The Morgan fingerprint density at radius 2 is 1.54 bits per heavy atom. The lowest BCUT2D eigenvalue weighted by Crippen LogP contribution is -2.08. The van der Waals surface area contributed by atoms with Crippen LogP contribution < -0.4 is 5.32 Å². The number of para-hydroxylation sites is 1. The van der Waals surface area contributed by atoms with E-state index in [4.69, 9.17) is 4.98 Å². The number of hydrogen-bond donors (Lipinski definition) is 1. The molecule has 4 aromatic rings. The molecule has 3 aromatic carbocycles. The molecule has 0 amide bonds. The van der Waals surface area contributed by atoms with E-state index in [1.165, 1.54) is 17.7 Å². The number of nitrogens with one attached hydrogen (secondary N) is 1. The Labute approximate surface area is 168 Å². The van der Waals surface area contributed by atoms with Crippen molar-refractivity contribution in [3.63, 3.8) is 0 Å². The summed E-state index contributed by atoms with van der Waals surface area (Å²) in [5, 5.41) is 5.20. The molecular formula is C23H20FN3S. The second-order valence-electron chi connectivity index (χ2n) is 6.45. The van der Waals surface area contributed by atoms with E-state index >= 15 is 0 Å². The third-order valence-corrected chi connectivity index (χ3v) is 5.33. The van der Waals surface area contributed by atoms with Gasteiger partial charge < -0.3 is 5.32 Å². The van der Waals surface area contributed by atoms with Crippen LogP contribution in [0.1, 0.15) is 11.1 Å². The summed E-state index contributed by atoms with van der Waals surface area (Å²) >= 11 is 1.55. The summed E-state index contributed by atoms with van der Waals surface area (Å²) in [6, 6.07) is 25.0. The average Bonchev–Trinajstić information content (AvgIpc) is 2.74. The number of rotatable bonds is 7. The van der Waals surface area contributed by atoms with Crippen molar-refractivity contribution in [3.8, 4) is 0 Å². The van der Waals surface area contributed by atoms with E-state index in [-0.39, 0.29) is 5.82 Å². The number of anilines is 1. The van der Waals surface area contributed by atoms with Crippen LogP contribution in [0.2, 0.25) is 0 Å². The SMILES string of the molecule is Fc1ccc(CSc2nc(NCCc3ccccc3)c3ccccc3n2)cc1. The van der Waals surface area contributed by atoms with E-state index in [1.807, 2.05) is 30.3 Å². The van der Waals surface area contributed by atoms with E-state index < -0.39 is 0 Å². The first-order valence-corrected chi connectivity index (χ1v) is 10.2. The molecule has 5 heteroatoms. The van der Waals surface area contributed by atoms with E-state index in [0.29, 0.717) is 10.9 Å². The molecule has 0 bridgehead atoms. The molecular weight excluding hydrogens is 369 g/mol. The highest BCUT2D eigenvalue weighted by atomic mass is 32.2. The molecule has 3 nitrogen and oxygen atoms in total. The number of nitrogens with zero attached hydrogens (tertiary/aromatic N) is 2. The zero-order chi connectivity index (χ0) is 19.2. The van der Waals surface area contributed by atoms with Crippen LogP contribution in [0.25, 0.3) is 10.9 Å². The number of aromatic nitrogens is 2. The summed E-state index contributed by atoms with van der Waals surface area (Å²) in [5.41, 5.74) is 3.25. The predicted octanol–water partition coefficient (Wildman–Crippen LogP) is 5.72. The maximum absolute atomic E-state index is 13.1. The van der Waals surface area contributed by atoms with Gasteiger partial charge in [-0.1, -0.05) is 66.4 Å². The minimum Gasteiger partial charge on any atom is -0.369 e. The van der Waals surface area contributed by atoms with Crippen LogP contribution in [0.5, 0.6) is 0 Å². The molecule has 1 N–H and O–H groups in total. The normalized spacial score (nSPS) is 10.9. The van der Waals surface area contributed by atoms with Crippen molar-refractivity contribution in [3.05, 3.63) is 95.8 Å². The number of thioether (sulfide) groups is 1. The van der Waals surface area contributed by atoms with Crippen LogP contribution in [0.4, 0.5) is 10.2 Å². The fourth-order valence-electron chi connectivity index (χ4n) is 2.95. The van der Waals surface area contributed by atoms with Gasteiger partial charge in [0, 0.05) is 17.7 Å². The summed E-state index contributed by atoms with van der Waals surface area (Å²) in [7, 11) is 0. The van der Waals surface area contributed by atoms with Crippen LogP contribution in [0, 0.1) is 5.82 Å². The number of benzene rings is 3. The number of halogens is 1. The molecule has 140 valence electrons. The van der Waals surface area contributed by atoms with Gasteiger partial charge in [-0.2, -0.15) is 0 Å². The van der Waals surface area contributed by atoms with Gasteiger partial charge in [0.05, 0.1) is 5.52 Å². The Hall–Kier alpha value is -2.92. The molecule has 0 atom stereocenters. The second kappa shape index (κ2) is 8.85. The van der Waals surface area contributed by atoms with Gasteiger partial charge in [-0.15, -0.1) is 0 Å². The Kier molecular flexibility index (Phi) is 5.83. The van der Waals surface area contributed by atoms with E-state index in [2.05, 4.69) is 34.6 Å². The van der Waals surface area contributed by atoms with Crippen molar-refractivity contribution in [2.75, 3.05) is 11.9 Å². The van der Waals surface area contributed by atoms with Crippen molar-refractivity contribution in [1.29, 1.82) is 0 Å². The highest BCUT2D eigenvalue weighted by molar-refractivity contribution is 7.98. The van der Waals surface area contributed by atoms with Gasteiger partial charge in [0.2, 0.25) is 0 Å². The lowest BCUT2D eigenvalue weighted by atomic mass is 10.1. The lowest BCUT2D eigenvalue weighted by Gasteiger charge is -2.11. The summed E-state index contributed by atoms with van der Waals surface area (Å²) in [6.45, 7) is 0.799. The van der Waals surface area contributed by atoms with Crippen LogP contribution in [0.3, 0.4) is 0 Å². The molecule has 1 heterocycles. The third kappa shape index (κ3) is 4.67. The van der Waals surface area contributed by atoms with Crippen LogP contribution in [0.15, 0.2) is 84.0 Å². The molecule has 0 radical (unpaired) electrons. The molecule has 28 heavy (non-hydrogen) atoms. The zero-order valence-electron chi connectivity index (χ0n) is 15.3. The first-order valence-electron chi connectivity index (χ1n) is 9.20. The molecule has 0 aliphatic carbocycles. The summed E-state index contributed by atoms with van der Waals surface area (Å²) in [6.07, 6.45) is 0.928. The van der Waals surface area contributed by atoms with Crippen molar-refractivity contribution in [2.24, 2.45) is 0 Å². The van der Waals surface area contributed by atoms with E-state index in [0.717, 1.165) is 35.2 Å². The van der Waals surface area contributed by atoms with Crippen LogP contribution in [-0.2, 0) is 12.2 Å². The van der Waals surface area contributed by atoms with Crippen molar-refractivity contribution in [2.45, 2.75) is 17.3 Å². The first-order chi connectivity index (χ1) is 13.8. The monoisotopic (exact) mass is 389 g/mol. The Balaban J connectivity index is 1.50. The smallest absolute Gasteiger partial charge is 0.190 e. The largest absolute Gasteiger partial charge is 0.369 e. The molecule has 1 aromatic heterocycles. The Morgan fingerprint density at radius 1 is 0.786 bits per heavy atom. The minimum atomic E-state index is -0.222. The van der Waals surface area contributed by atoms with Crippen molar-refractivity contribution in [1.82, 2.24) is 9.97 Å². The van der Waals surface area contributed by atoms with Gasteiger partial charge in [-0.05, 0) is 41.8 Å². The molecule has 0 saturated carbocycles. The standard InChI is InChI=1S/C23H20FN3S/c24-19-12-10-18(11-13-19)16-28-23-26-21-9-5-4-8-20(21)22(27-23)25-15-14-17-6-2-1-3-7-17/h1-13H,14-16H2,(H,25,26,27). The van der Waals surface area contributed by atoms with E-state index in [9.17, 15) is 4.39 Å². The molecule has 0 spiro atoms. The zero-order valence-corrected chi connectivity index (χ0v) is 16.1. The fourth-order valence-corrected chi connectivity index (χ4v) is 3.76. The maximum atomic E-state index is 13.1. The number of hydrogen-bond acceptors (Lipinski definition) is 4. The van der Waals surface area contributed by atoms with Gasteiger partial charge in [0.1, 0.15) is 11.6 Å². The molecule has 0 unspecified atom stereocenters. The minimum absolute atomic E-state index is 0.222. The number of fused-ring (bicyclic) bond motifs is 1. The van der Waals surface area contributed by atoms with Gasteiger partial charge in [-0.3, -0.25) is 0 Å². The second-order valence-corrected chi connectivity index (χ2v) is 7.39. The Morgan fingerprint density at radius 3 is 2.36 bits per heavy atom. The highest BCUT2D eigenvalue weighted by Crippen LogP contribution is 2.26. The Bertz CT molecular complexity index is 1050. The van der Waals surface area contributed by atoms with Gasteiger partial charge in [0.15, 0.2) is 5.16 Å². The topological polar surface area (TPSA) is 37.8 Å². The fraction of sp³-hybridized carbons (Fsp3) is 0.130.